The van der Waals surface area contributed by atoms with Crippen molar-refractivity contribution in [1.82, 2.24) is 10.3 Å². The van der Waals surface area contributed by atoms with E-state index in [9.17, 15) is 0 Å². The topological polar surface area (TPSA) is 37.4 Å². The summed E-state index contributed by atoms with van der Waals surface area (Å²) in [7, 11) is 0. The number of anilines is 1. The van der Waals surface area contributed by atoms with Crippen LogP contribution in [0.4, 0.5) is 5.13 Å². The summed E-state index contributed by atoms with van der Waals surface area (Å²) in [4.78, 5) is 8.61. The van der Waals surface area contributed by atoms with Crippen molar-refractivity contribution in [3.05, 3.63) is 10.6 Å². The van der Waals surface area contributed by atoms with Gasteiger partial charge in [-0.2, -0.15) is 0 Å². The second kappa shape index (κ2) is 6.87. The molecule has 1 N–H and O–H groups in total. The zero-order valence-corrected chi connectivity index (χ0v) is 14.0. The number of nitrogens with one attached hydrogen (secondary N) is 1. The van der Waals surface area contributed by atoms with Gasteiger partial charge in [0.1, 0.15) is 0 Å². The Balaban J connectivity index is 2.08. The Bertz CT molecular complexity index is 431. The molecule has 5 heteroatoms. The molecule has 0 radical (unpaired) electrons. The summed E-state index contributed by atoms with van der Waals surface area (Å²) in [6.45, 7) is 13.4. The molecular weight excluding hydrogens is 270 g/mol. The molecule has 2 rings (SSSR count). The van der Waals surface area contributed by atoms with Gasteiger partial charge in [0, 0.05) is 24.5 Å². The minimum absolute atomic E-state index is 0.0725. The minimum Gasteiger partial charge on any atom is -0.372 e. The third-order valence-electron chi connectivity index (χ3n) is 3.51. The van der Waals surface area contributed by atoms with E-state index in [-0.39, 0.29) is 5.60 Å². The molecule has 0 saturated carbocycles. The van der Waals surface area contributed by atoms with Crippen LogP contribution < -0.4 is 10.2 Å². The summed E-state index contributed by atoms with van der Waals surface area (Å²) in [5.41, 5.74) is 1.18. The van der Waals surface area contributed by atoms with Crippen molar-refractivity contribution in [2.45, 2.75) is 52.7 Å². The molecule has 1 aliphatic heterocycles. The summed E-state index contributed by atoms with van der Waals surface area (Å²) in [5.74, 6) is 0. The Kier molecular flexibility index (Phi) is 5.41. The Morgan fingerprint density at radius 2 is 2.20 bits per heavy atom. The SMILES string of the molecule is CCCNCc1sc(N2CCOC(C)(C)C2)nc1CC. The Morgan fingerprint density at radius 1 is 1.40 bits per heavy atom. The Morgan fingerprint density at radius 3 is 2.85 bits per heavy atom. The standard InChI is InChI=1S/C15H27N3OS/c1-5-7-16-10-13-12(6-2)17-14(20-13)18-8-9-19-15(3,4)11-18/h16H,5-11H2,1-4H3. The van der Waals surface area contributed by atoms with E-state index in [2.05, 4.69) is 37.9 Å². The lowest BCUT2D eigenvalue weighted by molar-refractivity contribution is -0.0277. The third-order valence-corrected chi connectivity index (χ3v) is 4.67. The van der Waals surface area contributed by atoms with Crippen LogP contribution in [0, 0.1) is 0 Å². The third kappa shape index (κ3) is 3.93. The van der Waals surface area contributed by atoms with Crippen LogP contribution in [0.25, 0.3) is 0 Å². The molecule has 0 amide bonds. The molecule has 1 fully saturated rings. The van der Waals surface area contributed by atoms with Crippen LogP contribution in [0.1, 0.15) is 44.7 Å². The zero-order chi connectivity index (χ0) is 14.6. The van der Waals surface area contributed by atoms with Crippen LogP contribution in [-0.2, 0) is 17.7 Å². The molecule has 1 aliphatic rings. The maximum atomic E-state index is 5.78. The molecule has 0 aromatic carbocycles. The molecule has 0 spiro atoms. The summed E-state index contributed by atoms with van der Waals surface area (Å²) in [5, 5.41) is 4.64. The number of nitrogens with zero attached hydrogens (tertiary/aromatic N) is 2. The van der Waals surface area contributed by atoms with E-state index in [1.54, 1.807) is 0 Å². The number of ether oxygens (including phenoxy) is 1. The molecule has 2 heterocycles. The van der Waals surface area contributed by atoms with Gasteiger partial charge in [0.15, 0.2) is 5.13 Å². The smallest absolute Gasteiger partial charge is 0.186 e. The highest BCUT2D eigenvalue weighted by Gasteiger charge is 2.29. The second-order valence-corrected chi connectivity index (χ2v) is 6.99. The number of morpholine rings is 1. The molecule has 1 aromatic rings. The minimum atomic E-state index is -0.0725. The molecule has 0 atom stereocenters. The summed E-state index contributed by atoms with van der Waals surface area (Å²) >= 11 is 1.84. The van der Waals surface area contributed by atoms with Crippen molar-refractivity contribution in [3.63, 3.8) is 0 Å². The van der Waals surface area contributed by atoms with E-state index in [1.165, 1.54) is 17.0 Å². The van der Waals surface area contributed by atoms with Gasteiger partial charge in [-0.05, 0) is 33.2 Å². The predicted octanol–water partition coefficient (Wildman–Crippen LogP) is 2.82. The highest BCUT2D eigenvalue weighted by molar-refractivity contribution is 7.15. The second-order valence-electron chi connectivity index (χ2n) is 5.93. The van der Waals surface area contributed by atoms with Gasteiger partial charge >= 0.3 is 0 Å². The van der Waals surface area contributed by atoms with E-state index in [0.29, 0.717) is 0 Å². The average molecular weight is 297 g/mol. The number of aryl methyl sites for hydroxylation is 1. The van der Waals surface area contributed by atoms with Crippen LogP contribution in [0.5, 0.6) is 0 Å². The first-order valence-corrected chi connectivity index (χ1v) is 8.45. The molecular formula is C15H27N3OS. The first kappa shape index (κ1) is 15.7. The highest BCUT2D eigenvalue weighted by atomic mass is 32.1. The fourth-order valence-electron chi connectivity index (χ4n) is 2.48. The van der Waals surface area contributed by atoms with Gasteiger partial charge in [0.2, 0.25) is 0 Å². The summed E-state index contributed by atoms with van der Waals surface area (Å²) in [6.07, 6.45) is 2.18. The molecule has 0 bridgehead atoms. The highest BCUT2D eigenvalue weighted by Crippen LogP contribution is 2.30. The lowest BCUT2D eigenvalue weighted by Gasteiger charge is -2.38. The lowest BCUT2D eigenvalue weighted by atomic mass is 10.1. The van der Waals surface area contributed by atoms with Crippen LogP contribution in [0.2, 0.25) is 0 Å². The van der Waals surface area contributed by atoms with Crippen molar-refractivity contribution in [1.29, 1.82) is 0 Å². The predicted molar refractivity (Wildman–Crippen MR) is 85.7 cm³/mol. The Hall–Kier alpha value is -0.650. The van der Waals surface area contributed by atoms with Crippen LogP contribution in [0.3, 0.4) is 0 Å². The number of aromatic nitrogens is 1. The van der Waals surface area contributed by atoms with Crippen LogP contribution >= 0.6 is 11.3 Å². The van der Waals surface area contributed by atoms with Gasteiger partial charge in [-0.25, -0.2) is 4.98 Å². The quantitative estimate of drug-likeness (QED) is 0.819. The van der Waals surface area contributed by atoms with E-state index in [0.717, 1.165) is 44.3 Å². The van der Waals surface area contributed by atoms with Gasteiger partial charge in [-0.15, -0.1) is 11.3 Å². The molecule has 20 heavy (non-hydrogen) atoms. The van der Waals surface area contributed by atoms with E-state index in [4.69, 9.17) is 9.72 Å². The number of hydrogen-bond donors (Lipinski definition) is 1. The molecule has 0 unspecified atom stereocenters. The van der Waals surface area contributed by atoms with Crippen molar-refractivity contribution in [3.8, 4) is 0 Å². The van der Waals surface area contributed by atoms with Gasteiger partial charge in [0.05, 0.1) is 17.9 Å². The van der Waals surface area contributed by atoms with E-state index < -0.39 is 0 Å². The summed E-state index contributed by atoms with van der Waals surface area (Å²) < 4.78 is 5.78. The fraction of sp³-hybridized carbons (Fsp3) is 0.800. The van der Waals surface area contributed by atoms with Crippen molar-refractivity contribution in [2.75, 3.05) is 31.1 Å². The van der Waals surface area contributed by atoms with Gasteiger partial charge in [0.25, 0.3) is 0 Å². The normalized spacial score (nSPS) is 18.5. The van der Waals surface area contributed by atoms with Gasteiger partial charge in [-0.3, -0.25) is 0 Å². The van der Waals surface area contributed by atoms with Crippen LogP contribution in [0.15, 0.2) is 0 Å². The molecule has 1 aromatic heterocycles. The van der Waals surface area contributed by atoms with E-state index >= 15 is 0 Å². The lowest BCUT2D eigenvalue weighted by Crippen LogP contribution is -2.48. The first-order valence-electron chi connectivity index (χ1n) is 7.64. The maximum absolute atomic E-state index is 5.78. The van der Waals surface area contributed by atoms with Crippen molar-refractivity contribution >= 4 is 16.5 Å². The number of hydrogen-bond acceptors (Lipinski definition) is 5. The Labute approximate surface area is 126 Å². The summed E-state index contributed by atoms with van der Waals surface area (Å²) in [6, 6.07) is 0. The van der Waals surface area contributed by atoms with Crippen molar-refractivity contribution in [2.24, 2.45) is 0 Å². The molecule has 114 valence electrons. The first-order chi connectivity index (χ1) is 9.55. The number of rotatable bonds is 6. The molecule has 4 nitrogen and oxygen atoms in total. The molecule has 0 aliphatic carbocycles. The monoisotopic (exact) mass is 297 g/mol. The van der Waals surface area contributed by atoms with Crippen LogP contribution in [-0.4, -0.2) is 36.8 Å². The maximum Gasteiger partial charge on any atom is 0.186 e. The largest absolute Gasteiger partial charge is 0.372 e. The zero-order valence-electron chi connectivity index (χ0n) is 13.2. The van der Waals surface area contributed by atoms with Crippen molar-refractivity contribution < 1.29 is 4.74 Å². The van der Waals surface area contributed by atoms with Gasteiger partial charge < -0.3 is 15.0 Å². The number of thiazole rings is 1. The van der Waals surface area contributed by atoms with E-state index in [1.807, 2.05) is 11.3 Å². The molecule has 1 saturated heterocycles. The van der Waals surface area contributed by atoms with Gasteiger partial charge in [-0.1, -0.05) is 13.8 Å². The average Bonchev–Trinajstić information content (AvgIpc) is 2.81. The fourth-order valence-corrected chi connectivity index (χ4v) is 3.62.